The molecule has 0 radical (unpaired) electrons. The minimum Gasteiger partial charge on any atom is -0.407 e. The number of nitriles is 1. The zero-order chi connectivity index (χ0) is 28.4. The van der Waals surface area contributed by atoms with Crippen LogP contribution in [0.3, 0.4) is 0 Å². The molecule has 0 aliphatic carbocycles. The van der Waals surface area contributed by atoms with E-state index in [-0.39, 0.29) is 17.4 Å². The van der Waals surface area contributed by atoms with Crippen LogP contribution in [0.2, 0.25) is 5.15 Å². The summed E-state index contributed by atoms with van der Waals surface area (Å²) in [4.78, 5) is 11.8. The van der Waals surface area contributed by atoms with E-state index in [1.54, 1.807) is 0 Å². The lowest BCUT2D eigenvalue weighted by molar-refractivity contribution is 0.0599. The largest absolute Gasteiger partial charge is 0.407 e. The third-order valence-electron chi connectivity index (χ3n) is 7.60. The Morgan fingerprint density at radius 1 is 0.975 bits per heavy atom. The van der Waals surface area contributed by atoms with Gasteiger partial charge in [-0.1, -0.05) is 93.0 Å². The Morgan fingerprint density at radius 3 is 2.15 bits per heavy atom. The number of anilines is 2. The van der Waals surface area contributed by atoms with Gasteiger partial charge in [-0.05, 0) is 59.8 Å². The second kappa shape index (κ2) is 11.5. The first-order chi connectivity index (χ1) is 19.2. The lowest BCUT2D eigenvalue weighted by atomic mass is 9.76. The Kier molecular flexibility index (Phi) is 8.09. The summed E-state index contributed by atoms with van der Waals surface area (Å²) < 4.78 is 7.33. The maximum atomic E-state index is 9.39. The zero-order valence-electron chi connectivity index (χ0n) is 23.7. The average molecular weight is 567 g/mol. The molecule has 0 bridgehead atoms. The summed E-state index contributed by atoms with van der Waals surface area (Å²) in [7, 11) is -2.04. The first-order valence-corrected chi connectivity index (χ1v) is 15.8. The van der Waals surface area contributed by atoms with Crippen LogP contribution in [0.15, 0.2) is 78.9 Å². The van der Waals surface area contributed by atoms with Crippen molar-refractivity contribution in [3.05, 3.63) is 107 Å². The SMILES string of the molecule is Cc1nc(Cl)c2c(n1)N(c1ccc(C#N)cc1C)CCC2C(O[SiH](c1ccccc1)c1ccccc1)C(C)(C)C. The number of hydrogen-bond donors (Lipinski definition) is 0. The fraction of sp³-hybridized carbons (Fsp3) is 0.303. The van der Waals surface area contributed by atoms with E-state index in [1.165, 1.54) is 10.4 Å². The molecule has 1 aromatic heterocycles. The number of nitrogens with zero attached hydrogens (tertiary/aromatic N) is 4. The molecule has 0 saturated heterocycles. The van der Waals surface area contributed by atoms with Crippen LogP contribution < -0.4 is 15.3 Å². The van der Waals surface area contributed by atoms with Gasteiger partial charge in [0.15, 0.2) is 0 Å². The van der Waals surface area contributed by atoms with E-state index in [0.717, 1.165) is 35.6 Å². The highest BCUT2D eigenvalue weighted by molar-refractivity contribution is 6.80. The van der Waals surface area contributed by atoms with E-state index < -0.39 is 9.04 Å². The van der Waals surface area contributed by atoms with Gasteiger partial charge in [-0.15, -0.1) is 0 Å². The number of rotatable bonds is 6. The Hall–Kier alpha value is -3.50. The molecule has 0 spiro atoms. The monoisotopic (exact) mass is 566 g/mol. The molecule has 2 unspecified atom stereocenters. The summed E-state index contributed by atoms with van der Waals surface area (Å²) >= 11 is 6.98. The van der Waals surface area contributed by atoms with Gasteiger partial charge in [-0.25, -0.2) is 9.97 Å². The van der Waals surface area contributed by atoms with Gasteiger partial charge in [-0.2, -0.15) is 5.26 Å². The molecule has 0 amide bonds. The molecular weight excluding hydrogens is 532 g/mol. The Bertz CT molecular complexity index is 1490. The molecule has 1 aliphatic rings. The highest BCUT2D eigenvalue weighted by atomic mass is 35.5. The number of halogens is 1. The van der Waals surface area contributed by atoms with Crippen LogP contribution in [0, 0.1) is 30.6 Å². The predicted molar refractivity (Wildman–Crippen MR) is 166 cm³/mol. The summed E-state index contributed by atoms with van der Waals surface area (Å²) in [6.45, 7) is 11.4. The van der Waals surface area contributed by atoms with E-state index in [9.17, 15) is 5.26 Å². The third-order valence-corrected chi connectivity index (χ3v) is 10.4. The molecule has 204 valence electrons. The van der Waals surface area contributed by atoms with Gasteiger partial charge >= 0.3 is 0 Å². The van der Waals surface area contributed by atoms with Gasteiger partial charge < -0.3 is 9.33 Å². The lowest BCUT2D eigenvalue weighted by Crippen LogP contribution is -2.52. The molecule has 0 fully saturated rings. The quantitative estimate of drug-likeness (QED) is 0.205. The standard InChI is InChI=1S/C33H35ClN4OSi/c1-22-20-24(21-35)16-17-28(22)38-19-18-27(29-31(34)36-23(2)37-32(29)38)30(33(3,4)5)39-40(25-12-8-6-9-13-25)26-14-10-7-11-15-26/h6-17,20,27,30,40H,18-19H2,1-5H3. The second-order valence-corrected chi connectivity index (χ2v) is 14.3. The molecule has 0 N–H and O–H groups in total. The van der Waals surface area contributed by atoms with Crippen molar-refractivity contribution in [3.8, 4) is 6.07 Å². The third kappa shape index (κ3) is 5.69. The molecule has 1 aliphatic heterocycles. The van der Waals surface area contributed by atoms with Crippen LogP contribution in [-0.2, 0) is 4.43 Å². The molecule has 5 nitrogen and oxygen atoms in total. The van der Waals surface area contributed by atoms with E-state index in [4.69, 9.17) is 21.0 Å². The van der Waals surface area contributed by atoms with Crippen molar-refractivity contribution in [2.24, 2.45) is 5.41 Å². The van der Waals surface area contributed by atoms with Crippen molar-refractivity contribution in [1.82, 2.24) is 9.97 Å². The van der Waals surface area contributed by atoms with E-state index >= 15 is 0 Å². The molecule has 3 aromatic carbocycles. The van der Waals surface area contributed by atoms with Crippen LogP contribution in [0.4, 0.5) is 11.5 Å². The van der Waals surface area contributed by atoms with Gasteiger partial charge in [0.1, 0.15) is 16.8 Å². The van der Waals surface area contributed by atoms with E-state index in [0.29, 0.717) is 16.5 Å². The second-order valence-electron chi connectivity index (χ2n) is 11.6. The molecule has 2 atom stereocenters. The molecule has 4 aromatic rings. The van der Waals surface area contributed by atoms with Crippen molar-refractivity contribution in [1.29, 1.82) is 5.26 Å². The fourth-order valence-electron chi connectivity index (χ4n) is 5.80. The summed E-state index contributed by atoms with van der Waals surface area (Å²) in [5.74, 6) is 1.48. The zero-order valence-corrected chi connectivity index (χ0v) is 25.6. The highest BCUT2D eigenvalue weighted by Crippen LogP contribution is 2.47. The number of aryl methyl sites for hydroxylation is 2. The van der Waals surface area contributed by atoms with Crippen LogP contribution in [0.5, 0.6) is 0 Å². The van der Waals surface area contributed by atoms with Crippen LogP contribution in [0.1, 0.15) is 55.6 Å². The smallest absolute Gasteiger partial charge is 0.240 e. The van der Waals surface area contributed by atoms with E-state index in [1.807, 2.05) is 32.0 Å². The van der Waals surface area contributed by atoms with Gasteiger partial charge in [0.05, 0.1) is 17.7 Å². The maximum absolute atomic E-state index is 9.39. The molecule has 0 saturated carbocycles. The van der Waals surface area contributed by atoms with Gasteiger partial charge in [-0.3, -0.25) is 0 Å². The first-order valence-electron chi connectivity index (χ1n) is 13.7. The first kappa shape index (κ1) is 28.0. The van der Waals surface area contributed by atoms with Gasteiger partial charge in [0, 0.05) is 23.7 Å². The van der Waals surface area contributed by atoms with E-state index in [2.05, 4.69) is 97.4 Å². The summed E-state index contributed by atoms with van der Waals surface area (Å²) in [6, 6.07) is 29.3. The Labute approximate surface area is 244 Å². The number of benzene rings is 3. The van der Waals surface area contributed by atoms with Crippen molar-refractivity contribution in [2.45, 2.75) is 53.1 Å². The number of fused-ring (bicyclic) bond motifs is 1. The molecule has 7 heteroatoms. The summed E-state index contributed by atoms with van der Waals surface area (Å²) in [5.41, 5.74) is 3.47. The topological polar surface area (TPSA) is 62.0 Å². The van der Waals surface area contributed by atoms with Crippen molar-refractivity contribution >= 4 is 42.5 Å². The summed E-state index contributed by atoms with van der Waals surface area (Å²) in [5, 5.41) is 12.4. The highest BCUT2D eigenvalue weighted by Gasteiger charge is 2.42. The summed E-state index contributed by atoms with van der Waals surface area (Å²) in [6.07, 6.45) is 0.724. The number of aromatic nitrogens is 2. The predicted octanol–water partition coefficient (Wildman–Crippen LogP) is 6.21. The van der Waals surface area contributed by atoms with Gasteiger partial charge in [0.2, 0.25) is 9.04 Å². The van der Waals surface area contributed by atoms with Crippen molar-refractivity contribution in [3.63, 3.8) is 0 Å². The minimum absolute atomic E-state index is 0.0143. The van der Waals surface area contributed by atoms with Crippen molar-refractivity contribution < 1.29 is 4.43 Å². The van der Waals surface area contributed by atoms with Crippen LogP contribution in [0.25, 0.3) is 0 Å². The molecule has 2 heterocycles. The normalized spacial score (nSPS) is 15.9. The van der Waals surface area contributed by atoms with Crippen LogP contribution >= 0.6 is 11.6 Å². The molecular formula is C33H35ClN4OSi. The number of hydrogen-bond acceptors (Lipinski definition) is 5. The molecule has 40 heavy (non-hydrogen) atoms. The van der Waals surface area contributed by atoms with Crippen LogP contribution in [-0.4, -0.2) is 31.7 Å². The van der Waals surface area contributed by atoms with Gasteiger partial charge in [0.25, 0.3) is 0 Å². The molecule has 5 rings (SSSR count). The maximum Gasteiger partial charge on any atom is 0.240 e. The lowest BCUT2D eigenvalue weighted by Gasteiger charge is -2.44. The van der Waals surface area contributed by atoms with Crippen molar-refractivity contribution in [2.75, 3.05) is 11.4 Å². The Morgan fingerprint density at radius 2 is 1.60 bits per heavy atom. The Balaban J connectivity index is 1.61. The average Bonchev–Trinajstić information content (AvgIpc) is 2.93. The minimum atomic E-state index is -2.04. The fourth-order valence-corrected chi connectivity index (χ4v) is 8.88.